The quantitative estimate of drug-likeness (QED) is 0.850. The number of alkyl halides is 3. The van der Waals surface area contributed by atoms with Crippen LogP contribution < -0.4 is 5.73 Å². The number of carbonyl (C=O) groups is 1. The zero-order valence-corrected chi connectivity index (χ0v) is 11.6. The Morgan fingerprint density at radius 3 is 2.70 bits per heavy atom. The van der Waals surface area contributed by atoms with E-state index in [1.165, 1.54) is 12.3 Å². The van der Waals surface area contributed by atoms with Crippen LogP contribution in [0.25, 0.3) is 0 Å². The van der Waals surface area contributed by atoms with Crippen LogP contribution in [0.5, 0.6) is 0 Å². The molecule has 112 valence electrons. The van der Waals surface area contributed by atoms with E-state index in [1.54, 1.807) is 0 Å². The Hall–Kier alpha value is -1.50. The van der Waals surface area contributed by atoms with Gasteiger partial charge in [-0.1, -0.05) is 24.9 Å². The van der Waals surface area contributed by atoms with Crippen LogP contribution in [0.4, 0.5) is 18.9 Å². The van der Waals surface area contributed by atoms with Gasteiger partial charge in [0, 0.05) is 6.54 Å². The Labute approximate surface area is 119 Å². The molecule has 0 radical (unpaired) electrons. The molecule has 1 heterocycles. The minimum absolute atomic E-state index is 0.0000285. The summed E-state index contributed by atoms with van der Waals surface area (Å²) in [6, 6.07) is 1.23. The molecule has 0 saturated heterocycles. The van der Waals surface area contributed by atoms with Crippen molar-refractivity contribution in [3.8, 4) is 0 Å². The van der Waals surface area contributed by atoms with Gasteiger partial charge in [-0.2, -0.15) is 13.2 Å². The number of rotatable bonds is 5. The highest BCUT2D eigenvalue weighted by molar-refractivity contribution is 6.32. The molecule has 4 nitrogen and oxygen atoms in total. The zero-order valence-electron chi connectivity index (χ0n) is 10.9. The number of anilines is 1. The van der Waals surface area contributed by atoms with Crippen molar-refractivity contribution in [2.75, 3.05) is 18.8 Å². The Balaban J connectivity index is 2.99. The number of nitrogen functional groups attached to an aromatic ring is 1. The van der Waals surface area contributed by atoms with Crippen molar-refractivity contribution < 1.29 is 18.0 Å². The molecule has 0 spiro atoms. The number of aromatic nitrogens is 1. The number of unbranched alkanes of at least 4 members (excludes halogenated alkanes) is 1. The Kier molecular flexibility index (Phi) is 5.62. The summed E-state index contributed by atoms with van der Waals surface area (Å²) in [6.45, 7) is 0.502. The van der Waals surface area contributed by atoms with Gasteiger partial charge in [-0.15, -0.1) is 0 Å². The van der Waals surface area contributed by atoms with Gasteiger partial charge in [0.25, 0.3) is 5.91 Å². The lowest BCUT2D eigenvalue weighted by atomic mass is 10.2. The third-order valence-electron chi connectivity index (χ3n) is 2.53. The first-order valence-corrected chi connectivity index (χ1v) is 6.39. The maximum absolute atomic E-state index is 12.5. The summed E-state index contributed by atoms with van der Waals surface area (Å²) in [5.74, 6) is -0.819. The maximum Gasteiger partial charge on any atom is 0.406 e. The molecule has 0 saturated carbocycles. The van der Waals surface area contributed by atoms with Crippen LogP contribution in [-0.2, 0) is 0 Å². The summed E-state index contributed by atoms with van der Waals surface area (Å²) in [5, 5.41) is -0.159. The van der Waals surface area contributed by atoms with Gasteiger partial charge in [-0.25, -0.2) is 4.98 Å². The second kappa shape index (κ2) is 6.78. The maximum atomic E-state index is 12.5. The van der Waals surface area contributed by atoms with Crippen LogP contribution in [0.2, 0.25) is 5.15 Å². The number of carbonyl (C=O) groups excluding carboxylic acids is 1. The van der Waals surface area contributed by atoms with E-state index in [1.807, 2.05) is 6.92 Å². The second-order valence-corrected chi connectivity index (χ2v) is 4.66. The first-order chi connectivity index (χ1) is 9.24. The SMILES string of the molecule is CCCCN(CC(F)(F)F)C(=O)c1cc(N)cnc1Cl. The fraction of sp³-hybridized carbons (Fsp3) is 0.500. The third-order valence-corrected chi connectivity index (χ3v) is 2.83. The fourth-order valence-corrected chi connectivity index (χ4v) is 1.79. The van der Waals surface area contributed by atoms with Crippen molar-refractivity contribution in [1.82, 2.24) is 9.88 Å². The van der Waals surface area contributed by atoms with Gasteiger partial charge in [-0.05, 0) is 12.5 Å². The van der Waals surface area contributed by atoms with Crippen molar-refractivity contribution in [3.63, 3.8) is 0 Å². The molecule has 0 bridgehead atoms. The number of nitrogens with two attached hydrogens (primary N) is 1. The molecule has 1 aromatic heterocycles. The monoisotopic (exact) mass is 309 g/mol. The summed E-state index contributed by atoms with van der Waals surface area (Å²) in [4.78, 5) is 16.5. The largest absolute Gasteiger partial charge is 0.406 e. The van der Waals surface area contributed by atoms with Crippen molar-refractivity contribution in [1.29, 1.82) is 0 Å². The highest BCUT2D eigenvalue weighted by Crippen LogP contribution is 2.22. The van der Waals surface area contributed by atoms with E-state index < -0.39 is 18.6 Å². The number of hydrogen-bond acceptors (Lipinski definition) is 3. The van der Waals surface area contributed by atoms with Gasteiger partial charge in [0.2, 0.25) is 0 Å². The van der Waals surface area contributed by atoms with E-state index in [2.05, 4.69) is 4.98 Å². The van der Waals surface area contributed by atoms with Gasteiger partial charge in [0.1, 0.15) is 11.7 Å². The molecule has 0 aliphatic carbocycles. The average molecular weight is 310 g/mol. The normalized spacial score (nSPS) is 11.4. The minimum atomic E-state index is -4.47. The van der Waals surface area contributed by atoms with Crippen molar-refractivity contribution in [3.05, 3.63) is 23.0 Å². The molecule has 8 heteroatoms. The van der Waals surface area contributed by atoms with Gasteiger partial charge in [-0.3, -0.25) is 4.79 Å². The average Bonchev–Trinajstić information content (AvgIpc) is 2.35. The lowest BCUT2D eigenvalue weighted by Gasteiger charge is -2.24. The molecule has 0 fully saturated rings. The lowest BCUT2D eigenvalue weighted by molar-refractivity contribution is -0.140. The Morgan fingerprint density at radius 1 is 1.50 bits per heavy atom. The first kappa shape index (κ1) is 16.6. The summed E-state index contributed by atoms with van der Waals surface area (Å²) in [5.41, 5.74) is 5.53. The minimum Gasteiger partial charge on any atom is -0.397 e. The van der Waals surface area contributed by atoms with E-state index in [0.29, 0.717) is 17.7 Å². The molecule has 1 aromatic rings. The van der Waals surface area contributed by atoms with Crippen LogP contribution in [-0.4, -0.2) is 35.1 Å². The fourth-order valence-electron chi connectivity index (χ4n) is 1.60. The van der Waals surface area contributed by atoms with E-state index in [-0.39, 0.29) is 22.9 Å². The Bertz CT molecular complexity index is 480. The zero-order chi connectivity index (χ0) is 15.3. The van der Waals surface area contributed by atoms with Crippen LogP contribution in [0.3, 0.4) is 0 Å². The van der Waals surface area contributed by atoms with Gasteiger partial charge in [0.05, 0.1) is 17.4 Å². The first-order valence-electron chi connectivity index (χ1n) is 6.01. The number of halogens is 4. The predicted molar refractivity (Wildman–Crippen MR) is 70.5 cm³/mol. The van der Waals surface area contributed by atoms with Crippen molar-refractivity contribution in [2.24, 2.45) is 0 Å². The predicted octanol–water partition coefficient (Wildman–Crippen LogP) is 3.12. The molecular weight excluding hydrogens is 295 g/mol. The molecular formula is C12H15ClF3N3O. The molecule has 0 unspecified atom stereocenters. The summed E-state index contributed by atoms with van der Waals surface area (Å²) >= 11 is 5.75. The van der Waals surface area contributed by atoms with Crippen LogP contribution in [0.1, 0.15) is 30.1 Å². The second-order valence-electron chi connectivity index (χ2n) is 4.30. The number of nitrogens with zero attached hydrogens (tertiary/aromatic N) is 2. The topological polar surface area (TPSA) is 59.2 Å². The van der Waals surface area contributed by atoms with Gasteiger partial charge in [0.15, 0.2) is 0 Å². The number of pyridine rings is 1. The number of amides is 1. The van der Waals surface area contributed by atoms with Gasteiger partial charge >= 0.3 is 6.18 Å². The van der Waals surface area contributed by atoms with E-state index >= 15 is 0 Å². The number of hydrogen-bond donors (Lipinski definition) is 1. The smallest absolute Gasteiger partial charge is 0.397 e. The summed E-state index contributed by atoms with van der Waals surface area (Å²) < 4.78 is 37.6. The van der Waals surface area contributed by atoms with Crippen molar-refractivity contribution >= 4 is 23.2 Å². The van der Waals surface area contributed by atoms with E-state index in [0.717, 1.165) is 0 Å². The highest BCUT2D eigenvalue weighted by Gasteiger charge is 2.33. The van der Waals surface area contributed by atoms with Crippen molar-refractivity contribution in [2.45, 2.75) is 25.9 Å². The van der Waals surface area contributed by atoms with Crippen LogP contribution in [0, 0.1) is 0 Å². The summed E-state index contributed by atoms with van der Waals surface area (Å²) in [7, 11) is 0. The van der Waals surface area contributed by atoms with Crippen LogP contribution >= 0.6 is 11.6 Å². The molecule has 1 rings (SSSR count). The van der Waals surface area contributed by atoms with E-state index in [9.17, 15) is 18.0 Å². The van der Waals surface area contributed by atoms with Crippen LogP contribution in [0.15, 0.2) is 12.3 Å². The highest BCUT2D eigenvalue weighted by atomic mass is 35.5. The summed E-state index contributed by atoms with van der Waals surface area (Å²) in [6.07, 6.45) is -2.09. The molecule has 2 N–H and O–H groups in total. The molecule has 0 aromatic carbocycles. The molecule has 0 aliphatic rings. The lowest BCUT2D eigenvalue weighted by Crippen LogP contribution is -2.39. The van der Waals surface area contributed by atoms with E-state index in [4.69, 9.17) is 17.3 Å². The molecule has 1 amide bonds. The molecule has 20 heavy (non-hydrogen) atoms. The molecule has 0 atom stereocenters. The third kappa shape index (κ3) is 4.88. The standard InChI is InChI=1S/C12H15ClF3N3O/c1-2-3-4-19(7-12(14,15)16)11(20)9-5-8(17)6-18-10(9)13/h5-6H,2-4,7,17H2,1H3. The molecule has 0 aliphatic heterocycles. The Morgan fingerprint density at radius 2 is 2.15 bits per heavy atom. The van der Waals surface area contributed by atoms with Gasteiger partial charge < -0.3 is 10.6 Å².